The monoisotopic (exact) mass is 396 g/mol. The molecule has 0 aliphatic heterocycles. The van der Waals surface area contributed by atoms with Crippen LogP contribution in [0.5, 0.6) is 0 Å². The van der Waals surface area contributed by atoms with Gasteiger partial charge in [0.05, 0.1) is 25.9 Å². The second kappa shape index (κ2) is 9.92. The minimum Gasteiger partial charge on any atom is -0.374 e. The molecule has 0 bridgehead atoms. The highest BCUT2D eigenvalue weighted by molar-refractivity contribution is 14.1. The second-order valence-corrected chi connectivity index (χ2v) is 5.98. The Bertz CT molecular complexity index is 487. The van der Waals surface area contributed by atoms with Crippen molar-refractivity contribution in [3.8, 4) is 0 Å². The van der Waals surface area contributed by atoms with Crippen LogP contribution in [0.15, 0.2) is 60.7 Å². The molecular weight excluding hydrogens is 375 g/mol. The van der Waals surface area contributed by atoms with E-state index in [0.717, 1.165) is 10.8 Å². The van der Waals surface area contributed by atoms with Crippen LogP contribution < -0.4 is 0 Å². The first-order chi connectivity index (χ1) is 10.4. The topological polar surface area (TPSA) is 18.5 Å². The molecule has 2 aromatic carbocycles. The molecule has 2 aromatic rings. The standard InChI is InChI=1S/C18H21IO2/c19-12-11-18(21-14-17-9-5-2-6-10-17)15-20-13-16-7-3-1-4-8-16/h1-10,18H,11-15H2/t18-/m0/s1. The number of benzene rings is 2. The van der Waals surface area contributed by atoms with Crippen LogP contribution in [0.2, 0.25) is 0 Å². The van der Waals surface area contributed by atoms with Crippen LogP contribution in [0.25, 0.3) is 0 Å². The van der Waals surface area contributed by atoms with E-state index in [1.165, 1.54) is 11.1 Å². The summed E-state index contributed by atoms with van der Waals surface area (Å²) in [6.07, 6.45) is 1.17. The van der Waals surface area contributed by atoms with E-state index in [2.05, 4.69) is 46.9 Å². The fourth-order valence-corrected chi connectivity index (χ4v) is 2.70. The van der Waals surface area contributed by atoms with E-state index in [1.54, 1.807) is 0 Å². The molecular formula is C18H21IO2. The third-order valence-corrected chi connectivity index (χ3v) is 3.80. The molecule has 2 nitrogen and oxygen atoms in total. The molecule has 0 amide bonds. The Balaban J connectivity index is 1.73. The van der Waals surface area contributed by atoms with Gasteiger partial charge in [0.2, 0.25) is 0 Å². The molecule has 0 radical (unpaired) electrons. The van der Waals surface area contributed by atoms with Gasteiger partial charge in [0, 0.05) is 4.43 Å². The largest absolute Gasteiger partial charge is 0.374 e. The number of halogens is 1. The predicted octanol–water partition coefficient (Wildman–Crippen LogP) is 4.61. The Morgan fingerprint density at radius 3 is 1.95 bits per heavy atom. The van der Waals surface area contributed by atoms with E-state index >= 15 is 0 Å². The maximum absolute atomic E-state index is 5.98. The van der Waals surface area contributed by atoms with Gasteiger partial charge in [-0.05, 0) is 17.5 Å². The third kappa shape index (κ3) is 6.59. The van der Waals surface area contributed by atoms with Gasteiger partial charge in [-0.25, -0.2) is 0 Å². The van der Waals surface area contributed by atoms with E-state index in [1.807, 2.05) is 36.4 Å². The summed E-state index contributed by atoms with van der Waals surface area (Å²) in [4.78, 5) is 0. The third-order valence-electron chi connectivity index (χ3n) is 3.17. The maximum atomic E-state index is 5.98. The van der Waals surface area contributed by atoms with Crippen molar-refractivity contribution in [3.63, 3.8) is 0 Å². The molecule has 1 atom stereocenters. The fraction of sp³-hybridized carbons (Fsp3) is 0.333. The number of alkyl halides is 1. The van der Waals surface area contributed by atoms with E-state index < -0.39 is 0 Å². The number of hydrogen-bond donors (Lipinski definition) is 0. The van der Waals surface area contributed by atoms with Gasteiger partial charge in [0.25, 0.3) is 0 Å². The summed E-state index contributed by atoms with van der Waals surface area (Å²) >= 11 is 2.38. The predicted molar refractivity (Wildman–Crippen MR) is 94.6 cm³/mol. The number of hydrogen-bond acceptors (Lipinski definition) is 2. The summed E-state index contributed by atoms with van der Waals surface area (Å²) in [6.45, 7) is 1.94. The smallest absolute Gasteiger partial charge is 0.0820 e. The maximum Gasteiger partial charge on any atom is 0.0820 e. The van der Waals surface area contributed by atoms with Crippen LogP contribution in [0.1, 0.15) is 17.5 Å². The highest BCUT2D eigenvalue weighted by Gasteiger charge is 2.09. The lowest BCUT2D eigenvalue weighted by Crippen LogP contribution is -2.20. The molecule has 0 spiro atoms. The number of rotatable bonds is 9. The number of ether oxygens (including phenoxy) is 2. The van der Waals surface area contributed by atoms with Gasteiger partial charge in [-0.3, -0.25) is 0 Å². The summed E-state index contributed by atoms with van der Waals surface area (Å²) in [5.74, 6) is 0. The highest BCUT2D eigenvalue weighted by atomic mass is 127. The molecule has 0 saturated carbocycles. The fourth-order valence-electron chi connectivity index (χ4n) is 2.01. The van der Waals surface area contributed by atoms with Crippen LogP contribution in [-0.2, 0) is 22.7 Å². The molecule has 0 N–H and O–H groups in total. The molecule has 0 fully saturated rings. The van der Waals surface area contributed by atoms with Gasteiger partial charge in [-0.1, -0.05) is 83.3 Å². The zero-order valence-corrected chi connectivity index (χ0v) is 14.2. The minimum atomic E-state index is 0.158. The summed E-state index contributed by atoms with van der Waals surface area (Å²) in [5.41, 5.74) is 2.41. The summed E-state index contributed by atoms with van der Waals surface area (Å²) in [5, 5.41) is 0. The molecule has 0 aliphatic carbocycles. The van der Waals surface area contributed by atoms with Crippen molar-refractivity contribution in [3.05, 3.63) is 71.8 Å². The van der Waals surface area contributed by atoms with Crippen molar-refractivity contribution in [2.45, 2.75) is 25.7 Å². The zero-order chi connectivity index (χ0) is 14.8. The zero-order valence-electron chi connectivity index (χ0n) is 12.1. The van der Waals surface area contributed by atoms with Crippen molar-refractivity contribution >= 4 is 22.6 Å². The molecule has 0 aliphatic rings. The van der Waals surface area contributed by atoms with E-state index in [0.29, 0.717) is 19.8 Å². The molecule has 3 heteroatoms. The first-order valence-corrected chi connectivity index (χ1v) is 8.74. The van der Waals surface area contributed by atoms with Crippen LogP contribution in [0.3, 0.4) is 0 Å². The van der Waals surface area contributed by atoms with Crippen LogP contribution in [0.4, 0.5) is 0 Å². The van der Waals surface area contributed by atoms with Crippen molar-refractivity contribution in [1.82, 2.24) is 0 Å². The van der Waals surface area contributed by atoms with Crippen molar-refractivity contribution < 1.29 is 9.47 Å². The Morgan fingerprint density at radius 1 is 0.810 bits per heavy atom. The Labute approximate surface area is 140 Å². The van der Waals surface area contributed by atoms with Gasteiger partial charge >= 0.3 is 0 Å². The van der Waals surface area contributed by atoms with E-state index in [9.17, 15) is 0 Å². The molecule has 0 heterocycles. The molecule has 112 valence electrons. The lowest BCUT2D eigenvalue weighted by Gasteiger charge is -2.17. The molecule has 0 unspecified atom stereocenters. The Kier molecular flexibility index (Phi) is 7.78. The normalized spacial score (nSPS) is 12.2. The second-order valence-electron chi connectivity index (χ2n) is 4.90. The van der Waals surface area contributed by atoms with Crippen molar-refractivity contribution in [2.75, 3.05) is 11.0 Å². The average molecular weight is 396 g/mol. The molecule has 2 rings (SSSR count). The highest BCUT2D eigenvalue weighted by Crippen LogP contribution is 2.09. The van der Waals surface area contributed by atoms with Gasteiger partial charge in [-0.2, -0.15) is 0 Å². The quantitative estimate of drug-likeness (QED) is 0.455. The van der Waals surface area contributed by atoms with Crippen LogP contribution in [-0.4, -0.2) is 17.1 Å². The van der Waals surface area contributed by atoms with Crippen LogP contribution in [0, 0.1) is 0 Å². The van der Waals surface area contributed by atoms with Crippen LogP contribution >= 0.6 is 22.6 Å². The van der Waals surface area contributed by atoms with Crippen molar-refractivity contribution in [1.29, 1.82) is 0 Å². The summed E-state index contributed by atoms with van der Waals surface area (Å²) < 4.78 is 12.8. The Morgan fingerprint density at radius 2 is 1.38 bits per heavy atom. The van der Waals surface area contributed by atoms with Gasteiger partial charge < -0.3 is 9.47 Å². The lowest BCUT2D eigenvalue weighted by molar-refractivity contribution is -0.0300. The minimum absolute atomic E-state index is 0.158. The SMILES string of the molecule is ICC[C@@H](COCc1ccccc1)OCc1ccccc1. The first-order valence-electron chi connectivity index (χ1n) is 7.21. The molecule has 0 aromatic heterocycles. The van der Waals surface area contributed by atoms with Gasteiger partial charge in [-0.15, -0.1) is 0 Å². The van der Waals surface area contributed by atoms with E-state index in [4.69, 9.17) is 9.47 Å². The van der Waals surface area contributed by atoms with Gasteiger partial charge in [0.15, 0.2) is 0 Å². The first kappa shape index (κ1) is 16.5. The Hall–Kier alpha value is -0.910. The summed E-state index contributed by atoms with van der Waals surface area (Å²) in [6, 6.07) is 20.5. The average Bonchev–Trinajstić information content (AvgIpc) is 2.54. The van der Waals surface area contributed by atoms with Gasteiger partial charge in [0.1, 0.15) is 0 Å². The molecule has 0 saturated heterocycles. The van der Waals surface area contributed by atoms with Crippen molar-refractivity contribution in [2.24, 2.45) is 0 Å². The van der Waals surface area contributed by atoms with E-state index in [-0.39, 0.29) is 6.10 Å². The molecule has 21 heavy (non-hydrogen) atoms. The lowest BCUT2D eigenvalue weighted by atomic mass is 10.2. The summed E-state index contributed by atoms with van der Waals surface area (Å²) in [7, 11) is 0.